The maximum atomic E-state index is 12.2. The van der Waals surface area contributed by atoms with E-state index in [0.29, 0.717) is 22.4 Å². The third kappa shape index (κ3) is 6.09. The van der Waals surface area contributed by atoms with E-state index in [2.05, 4.69) is 10.5 Å². The summed E-state index contributed by atoms with van der Waals surface area (Å²) in [5.41, 5.74) is 7.35. The molecule has 0 atom stereocenters. The van der Waals surface area contributed by atoms with Crippen molar-refractivity contribution >= 4 is 35.3 Å². The van der Waals surface area contributed by atoms with E-state index in [9.17, 15) is 4.79 Å². The molecule has 0 aliphatic rings. The number of hydrazone groups is 1. The van der Waals surface area contributed by atoms with Crippen LogP contribution in [-0.4, -0.2) is 12.1 Å². The first-order valence-corrected chi connectivity index (χ1v) is 10.2. The molecule has 154 valence electrons. The third-order valence-corrected chi connectivity index (χ3v) is 5.15. The van der Waals surface area contributed by atoms with Crippen LogP contribution in [0.1, 0.15) is 27.8 Å². The molecule has 0 aromatic heterocycles. The average molecular weight is 441 g/mol. The number of carbonyl (C=O) groups excluding carboxylic acids is 1. The molecule has 0 bridgehead atoms. The highest BCUT2D eigenvalue weighted by Gasteiger charge is 2.07. The Hall–Kier alpha value is -2.82. The second-order valence-electron chi connectivity index (χ2n) is 6.96. The standard InChI is InChI=1S/C24H22Cl2N2O2/c1-16-7-8-17(2)20(11-16)12-24(29)28-27-14-18-5-3-4-6-23(18)30-15-19-9-10-21(25)13-22(19)26/h3-11,13-14H,12,15H2,1-2H3,(H,28,29)/b27-14+. The summed E-state index contributed by atoms with van der Waals surface area (Å²) in [6.07, 6.45) is 1.85. The Morgan fingerprint density at radius 1 is 1.03 bits per heavy atom. The molecule has 0 saturated heterocycles. The topological polar surface area (TPSA) is 50.7 Å². The van der Waals surface area contributed by atoms with Gasteiger partial charge in [0.1, 0.15) is 12.4 Å². The van der Waals surface area contributed by atoms with Crippen LogP contribution in [0.15, 0.2) is 65.8 Å². The zero-order chi connectivity index (χ0) is 21.5. The normalized spacial score (nSPS) is 10.9. The lowest BCUT2D eigenvalue weighted by Gasteiger charge is -2.10. The monoisotopic (exact) mass is 440 g/mol. The average Bonchev–Trinajstić information content (AvgIpc) is 2.71. The Labute approximate surface area is 186 Å². The molecule has 0 spiro atoms. The van der Waals surface area contributed by atoms with Crippen molar-refractivity contribution in [3.63, 3.8) is 0 Å². The minimum atomic E-state index is -0.175. The van der Waals surface area contributed by atoms with Crippen LogP contribution in [0.4, 0.5) is 0 Å². The van der Waals surface area contributed by atoms with Gasteiger partial charge in [0.15, 0.2) is 0 Å². The molecule has 0 aliphatic carbocycles. The van der Waals surface area contributed by atoms with E-state index in [4.69, 9.17) is 27.9 Å². The van der Waals surface area contributed by atoms with Crippen LogP contribution < -0.4 is 10.2 Å². The van der Waals surface area contributed by atoms with Gasteiger partial charge < -0.3 is 4.74 Å². The third-order valence-electron chi connectivity index (χ3n) is 4.57. The van der Waals surface area contributed by atoms with Crippen LogP contribution in [0.2, 0.25) is 10.0 Å². The number of nitrogens with one attached hydrogen (secondary N) is 1. The molecule has 30 heavy (non-hydrogen) atoms. The van der Waals surface area contributed by atoms with Crippen LogP contribution in [0, 0.1) is 13.8 Å². The van der Waals surface area contributed by atoms with Gasteiger partial charge in [0.05, 0.1) is 12.6 Å². The van der Waals surface area contributed by atoms with Crippen molar-refractivity contribution < 1.29 is 9.53 Å². The van der Waals surface area contributed by atoms with E-state index < -0.39 is 0 Å². The predicted octanol–water partition coefficient (Wildman–Crippen LogP) is 5.88. The van der Waals surface area contributed by atoms with Gasteiger partial charge in [-0.3, -0.25) is 4.79 Å². The van der Waals surface area contributed by atoms with Gasteiger partial charge in [0, 0.05) is 21.2 Å². The first kappa shape index (κ1) is 21.9. The van der Waals surface area contributed by atoms with Crippen molar-refractivity contribution in [1.82, 2.24) is 5.43 Å². The Bertz CT molecular complexity index is 1080. The molecule has 0 saturated carbocycles. The van der Waals surface area contributed by atoms with Crippen LogP contribution in [0.3, 0.4) is 0 Å². The molecule has 1 amide bonds. The Kier molecular flexibility index (Phi) is 7.50. The fraction of sp³-hybridized carbons (Fsp3) is 0.167. The minimum Gasteiger partial charge on any atom is -0.488 e. The Morgan fingerprint density at radius 3 is 2.63 bits per heavy atom. The van der Waals surface area contributed by atoms with Crippen LogP contribution in [0.25, 0.3) is 0 Å². The van der Waals surface area contributed by atoms with E-state index in [0.717, 1.165) is 27.8 Å². The minimum absolute atomic E-state index is 0.175. The molecule has 0 unspecified atom stereocenters. The highest BCUT2D eigenvalue weighted by molar-refractivity contribution is 6.35. The first-order valence-electron chi connectivity index (χ1n) is 9.46. The zero-order valence-corrected chi connectivity index (χ0v) is 18.3. The summed E-state index contributed by atoms with van der Waals surface area (Å²) in [6, 6.07) is 18.8. The van der Waals surface area contributed by atoms with Crippen molar-refractivity contribution in [1.29, 1.82) is 0 Å². The van der Waals surface area contributed by atoms with E-state index >= 15 is 0 Å². The molecule has 0 radical (unpaired) electrons. The van der Waals surface area contributed by atoms with Crippen molar-refractivity contribution in [3.05, 3.63) is 98.5 Å². The summed E-state index contributed by atoms with van der Waals surface area (Å²) < 4.78 is 5.89. The molecule has 1 N–H and O–H groups in total. The molecular formula is C24H22Cl2N2O2. The molecule has 3 rings (SSSR count). The smallest absolute Gasteiger partial charge is 0.244 e. The number of amides is 1. The number of rotatable bonds is 7. The van der Waals surface area contributed by atoms with Gasteiger partial charge in [-0.25, -0.2) is 5.43 Å². The predicted molar refractivity (Wildman–Crippen MR) is 123 cm³/mol. The fourth-order valence-electron chi connectivity index (χ4n) is 2.89. The van der Waals surface area contributed by atoms with Gasteiger partial charge in [-0.1, -0.05) is 65.2 Å². The number of aryl methyl sites for hydroxylation is 2. The highest BCUT2D eigenvalue weighted by atomic mass is 35.5. The molecule has 0 aliphatic heterocycles. The molecular weight excluding hydrogens is 419 g/mol. The second kappa shape index (κ2) is 10.3. The molecule has 6 heteroatoms. The lowest BCUT2D eigenvalue weighted by atomic mass is 10.0. The van der Waals surface area contributed by atoms with Crippen molar-refractivity contribution in [3.8, 4) is 5.75 Å². The molecule has 3 aromatic carbocycles. The van der Waals surface area contributed by atoms with Crippen LogP contribution in [0.5, 0.6) is 5.75 Å². The zero-order valence-electron chi connectivity index (χ0n) is 16.8. The maximum absolute atomic E-state index is 12.2. The first-order chi connectivity index (χ1) is 14.4. The van der Waals surface area contributed by atoms with Crippen LogP contribution >= 0.6 is 23.2 Å². The maximum Gasteiger partial charge on any atom is 0.244 e. The summed E-state index contributed by atoms with van der Waals surface area (Å²) >= 11 is 12.1. The van der Waals surface area contributed by atoms with E-state index in [1.807, 2.05) is 62.4 Å². The number of halogens is 2. The quantitative estimate of drug-likeness (QED) is 0.368. The van der Waals surface area contributed by atoms with Crippen molar-refractivity contribution in [2.45, 2.75) is 26.9 Å². The Balaban J connectivity index is 1.62. The van der Waals surface area contributed by atoms with E-state index in [1.165, 1.54) is 0 Å². The lowest BCUT2D eigenvalue weighted by Crippen LogP contribution is -2.20. The van der Waals surface area contributed by atoms with Gasteiger partial charge in [0.2, 0.25) is 5.91 Å². The largest absolute Gasteiger partial charge is 0.488 e. The lowest BCUT2D eigenvalue weighted by molar-refractivity contribution is -0.120. The molecule has 3 aromatic rings. The summed E-state index contributed by atoms with van der Waals surface area (Å²) in [6.45, 7) is 4.29. The van der Waals surface area contributed by atoms with Crippen molar-refractivity contribution in [2.75, 3.05) is 0 Å². The van der Waals surface area contributed by atoms with E-state index in [1.54, 1.807) is 18.3 Å². The fourth-order valence-corrected chi connectivity index (χ4v) is 3.35. The molecule has 0 heterocycles. The van der Waals surface area contributed by atoms with E-state index in [-0.39, 0.29) is 12.3 Å². The second-order valence-corrected chi connectivity index (χ2v) is 7.81. The summed E-state index contributed by atoms with van der Waals surface area (Å²) in [7, 11) is 0. The number of ether oxygens (including phenoxy) is 1. The van der Waals surface area contributed by atoms with Gasteiger partial charge >= 0.3 is 0 Å². The van der Waals surface area contributed by atoms with Gasteiger partial charge in [-0.2, -0.15) is 5.10 Å². The van der Waals surface area contributed by atoms with Gasteiger partial charge in [0.25, 0.3) is 0 Å². The van der Waals surface area contributed by atoms with Crippen LogP contribution in [-0.2, 0) is 17.8 Å². The molecule has 4 nitrogen and oxygen atoms in total. The highest BCUT2D eigenvalue weighted by Crippen LogP contribution is 2.24. The SMILES string of the molecule is Cc1ccc(C)c(CC(=O)N/N=C/c2ccccc2OCc2ccc(Cl)cc2Cl)c1. The summed E-state index contributed by atoms with van der Waals surface area (Å²) in [5, 5.41) is 5.21. The Morgan fingerprint density at radius 2 is 1.83 bits per heavy atom. The summed E-state index contributed by atoms with van der Waals surface area (Å²) in [4.78, 5) is 12.2. The molecule has 0 fully saturated rings. The number of nitrogens with zero attached hydrogens (tertiary/aromatic N) is 1. The van der Waals surface area contributed by atoms with Gasteiger partial charge in [-0.05, 0) is 49.2 Å². The number of benzene rings is 3. The van der Waals surface area contributed by atoms with Crippen molar-refractivity contribution in [2.24, 2.45) is 5.10 Å². The number of carbonyl (C=O) groups is 1. The number of hydrogen-bond acceptors (Lipinski definition) is 3. The van der Waals surface area contributed by atoms with Gasteiger partial charge in [-0.15, -0.1) is 0 Å². The number of hydrogen-bond donors (Lipinski definition) is 1. The number of para-hydroxylation sites is 1. The summed E-state index contributed by atoms with van der Waals surface area (Å²) in [5.74, 6) is 0.460.